The van der Waals surface area contributed by atoms with Crippen LogP contribution in [0.1, 0.15) is 26.7 Å². The predicted molar refractivity (Wildman–Crippen MR) is 51.4 cm³/mol. The molecule has 0 spiro atoms. The minimum Gasteiger partial charge on any atom is -0.380 e. The summed E-state index contributed by atoms with van der Waals surface area (Å²) in [5.74, 6) is -0.146. The SMILES string of the molecule is CCOCC(C)NC(=O)C1(C#N)CC1. The fourth-order valence-corrected chi connectivity index (χ4v) is 1.21. The Morgan fingerprint density at radius 3 is 2.79 bits per heavy atom. The van der Waals surface area contributed by atoms with E-state index in [1.54, 1.807) is 0 Å². The van der Waals surface area contributed by atoms with Gasteiger partial charge in [0.25, 0.3) is 0 Å². The average molecular weight is 196 g/mol. The maximum Gasteiger partial charge on any atom is 0.240 e. The van der Waals surface area contributed by atoms with E-state index >= 15 is 0 Å². The van der Waals surface area contributed by atoms with Crippen LogP contribution in [-0.2, 0) is 9.53 Å². The van der Waals surface area contributed by atoms with Crippen LogP contribution in [0.2, 0.25) is 0 Å². The van der Waals surface area contributed by atoms with E-state index in [0.29, 0.717) is 26.1 Å². The van der Waals surface area contributed by atoms with Crippen LogP contribution in [0, 0.1) is 16.7 Å². The number of rotatable bonds is 5. The summed E-state index contributed by atoms with van der Waals surface area (Å²) in [6, 6.07) is 2.04. The van der Waals surface area contributed by atoms with Gasteiger partial charge < -0.3 is 10.1 Å². The molecule has 0 aliphatic heterocycles. The molecule has 1 rings (SSSR count). The van der Waals surface area contributed by atoms with Crippen LogP contribution in [-0.4, -0.2) is 25.2 Å². The lowest BCUT2D eigenvalue weighted by Crippen LogP contribution is -2.40. The molecule has 0 saturated heterocycles. The van der Waals surface area contributed by atoms with Crippen molar-refractivity contribution >= 4 is 5.91 Å². The average Bonchev–Trinajstić information content (AvgIpc) is 2.95. The molecule has 0 bridgehead atoms. The van der Waals surface area contributed by atoms with Crippen molar-refractivity contribution in [2.45, 2.75) is 32.7 Å². The van der Waals surface area contributed by atoms with Gasteiger partial charge in [-0.05, 0) is 26.7 Å². The van der Waals surface area contributed by atoms with Crippen molar-refractivity contribution < 1.29 is 9.53 Å². The Kier molecular flexibility index (Phi) is 3.48. The molecule has 0 aromatic heterocycles. The van der Waals surface area contributed by atoms with E-state index in [-0.39, 0.29) is 11.9 Å². The van der Waals surface area contributed by atoms with Crippen LogP contribution in [0.3, 0.4) is 0 Å². The highest BCUT2D eigenvalue weighted by Gasteiger charge is 2.50. The number of nitriles is 1. The number of nitrogens with zero attached hydrogens (tertiary/aromatic N) is 1. The van der Waals surface area contributed by atoms with Gasteiger partial charge in [-0.25, -0.2) is 0 Å². The topological polar surface area (TPSA) is 62.1 Å². The number of nitrogens with one attached hydrogen (secondary N) is 1. The Morgan fingerprint density at radius 2 is 2.36 bits per heavy atom. The van der Waals surface area contributed by atoms with Gasteiger partial charge in [-0.2, -0.15) is 5.26 Å². The highest BCUT2D eigenvalue weighted by molar-refractivity contribution is 5.88. The van der Waals surface area contributed by atoms with E-state index in [9.17, 15) is 4.79 Å². The molecule has 0 aromatic carbocycles. The first-order chi connectivity index (χ1) is 6.64. The van der Waals surface area contributed by atoms with Gasteiger partial charge in [0.2, 0.25) is 5.91 Å². The van der Waals surface area contributed by atoms with Crippen LogP contribution in [0.5, 0.6) is 0 Å². The maximum absolute atomic E-state index is 11.5. The molecule has 14 heavy (non-hydrogen) atoms. The lowest BCUT2D eigenvalue weighted by Gasteiger charge is -2.15. The number of hydrogen-bond donors (Lipinski definition) is 1. The number of hydrogen-bond acceptors (Lipinski definition) is 3. The Bertz CT molecular complexity index is 253. The summed E-state index contributed by atoms with van der Waals surface area (Å²) in [5.41, 5.74) is -0.722. The molecule has 0 radical (unpaired) electrons. The van der Waals surface area contributed by atoms with Crippen molar-refractivity contribution in [2.75, 3.05) is 13.2 Å². The molecule has 0 aromatic rings. The van der Waals surface area contributed by atoms with Crippen LogP contribution >= 0.6 is 0 Å². The van der Waals surface area contributed by atoms with Crippen LogP contribution in [0.4, 0.5) is 0 Å². The van der Waals surface area contributed by atoms with Crippen molar-refractivity contribution in [1.29, 1.82) is 5.26 Å². The molecule has 1 saturated carbocycles. The van der Waals surface area contributed by atoms with Crippen molar-refractivity contribution in [2.24, 2.45) is 5.41 Å². The molecule has 1 unspecified atom stereocenters. The number of carbonyl (C=O) groups excluding carboxylic acids is 1. The first-order valence-electron chi connectivity index (χ1n) is 4.94. The van der Waals surface area contributed by atoms with Crippen molar-refractivity contribution in [1.82, 2.24) is 5.32 Å². The largest absolute Gasteiger partial charge is 0.380 e. The molecule has 4 heteroatoms. The Hall–Kier alpha value is -1.08. The monoisotopic (exact) mass is 196 g/mol. The van der Waals surface area contributed by atoms with Crippen molar-refractivity contribution in [3.8, 4) is 6.07 Å². The third-order valence-corrected chi connectivity index (χ3v) is 2.35. The second-order valence-corrected chi connectivity index (χ2v) is 3.73. The zero-order chi connectivity index (χ0) is 10.6. The lowest BCUT2D eigenvalue weighted by molar-refractivity contribution is -0.125. The highest BCUT2D eigenvalue weighted by Crippen LogP contribution is 2.45. The van der Waals surface area contributed by atoms with Gasteiger partial charge in [0.15, 0.2) is 0 Å². The van der Waals surface area contributed by atoms with Gasteiger partial charge in [-0.15, -0.1) is 0 Å². The smallest absolute Gasteiger partial charge is 0.240 e. The minimum atomic E-state index is -0.722. The standard InChI is InChI=1S/C10H16N2O2/c1-3-14-6-8(2)12-9(13)10(7-11)4-5-10/h8H,3-6H2,1-2H3,(H,12,13). The highest BCUT2D eigenvalue weighted by atomic mass is 16.5. The summed E-state index contributed by atoms with van der Waals surface area (Å²) in [5, 5.41) is 11.6. The van der Waals surface area contributed by atoms with Crippen molar-refractivity contribution in [3.05, 3.63) is 0 Å². The number of ether oxygens (including phenoxy) is 1. The zero-order valence-electron chi connectivity index (χ0n) is 8.67. The van der Waals surface area contributed by atoms with Crippen LogP contribution < -0.4 is 5.32 Å². The fourth-order valence-electron chi connectivity index (χ4n) is 1.21. The van der Waals surface area contributed by atoms with Crippen LogP contribution in [0.25, 0.3) is 0 Å². The molecule has 78 valence electrons. The van der Waals surface area contributed by atoms with E-state index in [1.807, 2.05) is 13.8 Å². The van der Waals surface area contributed by atoms with Gasteiger partial charge in [0.05, 0.1) is 12.7 Å². The molecule has 1 N–H and O–H groups in total. The molecular formula is C10H16N2O2. The lowest BCUT2D eigenvalue weighted by atomic mass is 10.1. The Morgan fingerprint density at radius 1 is 1.71 bits per heavy atom. The summed E-state index contributed by atoms with van der Waals surface area (Å²) in [7, 11) is 0. The second kappa shape index (κ2) is 4.43. The minimum absolute atomic E-state index is 0.0201. The molecule has 1 aliphatic carbocycles. The van der Waals surface area contributed by atoms with Gasteiger partial charge in [0, 0.05) is 12.6 Å². The van der Waals surface area contributed by atoms with Crippen LogP contribution in [0.15, 0.2) is 0 Å². The molecule has 1 amide bonds. The third-order valence-electron chi connectivity index (χ3n) is 2.35. The van der Waals surface area contributed by atoms with E-state index in [1.165, 1.54) is 0 Å². The van der Waals surface area contributed by atoms with Gasteiger partial charge >= 0.3 is 0 Å². The van der Waals surface area contributed by atoms with E-state index in [2.05, 4.69) is 11.4 Å². The molecule has 1 atom stereocenters. The van der Waals surface area contributed by atoms with E-state index < -0.39 is 5.41 Å². The Balaban J connectivity index is 2.31. The molecule has 4 nitrogen and oxygen atoms in total. The fraction of sp³-hybridized carbons (Fsp3) is 0.800. The summed E-state index contributed by atoms with van der Waals surface area (Å²) in [4.78, 5) is 11.5. The van der Waals surface area contributed by atoms with E-state index in [4.69, 9.17) is 10.00 Å². The number of carbonyl (C=O) groups is 1. The van der Waals surface area contributed by atoms with Gasteiger partial charge in [-0.3, -0.25) is 4.79 Å². The van der Waals surface area contributed by atoms with Crippen molar-refractivity contribution in [3.63, 3.8) is 0 Å². The Labute approximate surface area is 84.2 Å². The second-order valence-electron chi connectivity index (χ2n) is 3.73. The zero-order valence-corrected chi connectivity index (χ0v) is 8.67. The molecule has 1 aliphatic rings. The first-order valence-corrected chi connectivity index (χ1v) is 4.94. The van der Waals surface area contributed by atoms with E-state index in [0.717, 1.165) is 0 Å². The quantitative estimate of drug-likeness (QED) is 0.708. The molecule has 0 heterocycles. The normalized spacial score (nSPS) is 19.5. The summed E-state index contributed by atoms with van der Waals surface area (Å²) in [6.07, 6.45) is 1.38. The maximum atomic E-state index is 11.5. The predicted octanol–water partition coefficient (Wildman–Crippen LogP) is 0.831. The third kappa shape index (κ3) is 2.46. The summed E-state index contributed by atoms with van der Waals surface area (Å²) in [6.45, 7) is 4.93. The van der Waals surface area contributed by atoms with Gasteiger partial charge in [-0.1, -0.05) is 0 Å². The number of amides is 1. The summed E-state index contributed by atoms with van der Waals surface area (Å²) < 4.78 is 5.17. The van der Waals surface area contributed by atoms with Gasteiger partial charge in [0.1, 0.15) is 5.41 Å². The first kappa shape index (κ1) is 11.0. The molecule has 1 fully saturated rings. The summed E-state index contributed by atoms with van der Waals surface area (Å²) >= 11 is 0. The molecular weight excluding hydrogens is 180 g/mol.